The Balaban J connectivity index is 1.45. The van der Waals surface area contributed by atoms with E-state index in [0.29, 0.717) is 22.3 Å². The summed E-state index contributed by atoms with van der Waals surface area (Å²) in [6, 6.07) is 19.9. The van der Waals surface area contributed by atoms with Crippen LogP contribution in [0.15, 0.2) is 77.7 Å². The van der Waals surface area contributed by atoms with Crippen molar-refractivity contribution in [3.05, 3.63) is 88.8 Å². The van der Waals surface area contributed by atoms with Crippen molar-refractivity contribution >= 4 is 46.2 Å². The quantitative estimate of drug-likeness (QED) is 0.512. The van der Waals surface area contributed by atoms with E-state index in [1.807, 2.05) is 72.8 Å². The molecular weight excluding hydrogens is 400 g/mol. The molecule has 0 spiro atoms. The maximum Gasteiger partial charge on any atom is 0.266 e. The zero-order valence-electron chi connectivity index (χ0n) is 15.9. The third kappa shape index (κ3) is 6.41. The number of benzene rings is 2. The lowest BCUT2D eigenvalue weighted by Gasteiger charge is -2.14. The topological polar surface area (TPSA) is 49.4 Å². The van der Waals surface area contributed by atoms with E-state index in [9.17, 15) is 9.59 Å². The molecule has 0 atom stereocenters. The molecule has 2 amide bonds. The summed E-state index contributed by atoms with van der Waals surface area (Å²) in [7, 11) is 0. The van der Waals surface area contributed by atoms with Gasteiger partial charge in [0.2, 0.25) is 5.91 Å². The zero-order valence-corrected chi connectivity index (χ0v) is 17.5. The average molecular weight is 423 g/mol. The summed E-state index contributed by atoms with van der Waals surface area (Å²) < 4.78 is 0.492. The van der Waals surface area contributed by atoms with Crippen LogP contribution in [0, 0.1) is 0 Å². The number of nitrogens with zero attached hydrogens (tertiary/aromatic N) is 1. The second-order valence-electron chi connectivity index (χ2n) is 6.46. The lowest BCUT2D eigenvalue weighted by Crippen LogP contribution is -2.34. The summed E-state index contributed by atoms with van der Waals surface area (Å²) in [5.74, 6) is -0.224. The van der Waals surface area contributed by atoms with Crippen LogP contribution in [0.25, 0.3) is 6.08 Å². The van der Waals surface area contributed by atoms with Crippen LogP contribution < -0.4 is 5.32 Å². The molecule has 0 radical (unpaired) electrons. The van der Waals surface area contributed by atoms with Gasteiger partial charge in [0.1, 0.15) is 4.32 Å². The number of amides is 2. The fourth-order valence-corrected chi connectivity index (χ4v) is 4.07. The Hall–Kier alpha value is -2.70. The standard InChI is InChI=1S/C23H22N2O2S2/c26-21(24-16-14-19-10-5-2-6-11-19)15-17-25-22(27)20(29-23(25)28)13-7-12-18-8-3-1-4-9-18/h1-13H,14-17H2,(H,24,26)/b12-7+,20-13-. The highest BCUT2D eigenvalue weighted by molar-refractivity contribution is 8.26. The van der Waals surface area contributed by atoms with Crippen molar-refractivity contribution < 1.29 is 9.59 Å². The minimum atomic E-state index is -0.144. The van der Waals surface area contributed by atoms with E-state index < -0.39 is 0 Å². The lowest BCUT2D eigenvalue weighted by atomic mass is 10.1. The molecule has 1 saturated heterocycles. The van der Waals surface area contributed by atoms with Gasteiger partial charge in [-0.25, -0.2) is 0 Å². The van der Waals surface area contributed by atoms with Crippen molar-refractivity contribution in [1.82, 2.24) is 10.2 Å². The van der Waals surface area contributed by atoms with Crippen LogP contribution in [0.4, 0.5) is 0 Å². The second-order valence-corrected chi connectivity index (χ2v) is 8.14. The monoisotopic (exact) mass is 422 g/mol. The molecule has 1 aliphatic heterocycles. The third-order valence-electron chi connectivity index (χ3n) is 4.35. The predicted molar refractivity (Wildman–Crippen MR) is 123 cm³/mol. The molecule has 3 rings (SSSR count). The van der Waals surface area contributed by atoms with Gasteiger partial charge in [0.15, 0.2) is 0 Å². The zero-order chi connectivity index (χ0) is 20.5. The first-order valence-electron chi connectivity index (χ1n) is 9.41. The van der Waals surface area contributed by atoms with Crippen molar-refractivity contribution in [1.29, 1.82) is 0 Å². The van der Waals surface area contributed by atoms with Crippen molar-refractivity contribution in [2.45, 2.75) is 12.8 Å². The summed E-state index contributed by atoms with van der Waals surface area (Å²) in [5, 5.41) is 2.90. The van der Waals surface area contributed by atoms with Crippen molar-refractivity contribution in [2.24, 2.45) is 0 Å². The minimum Gasteiger partial charge on any atom is -0.356 e. The molecule has 1 fully saturated rings. The molecule has 0 saturated carbocycles. The van der Waals surface area contributed by atoms with Gasteiger partial charge >= 0.3 is 0 Å². The lowest BCUT2D eigenvalue weighted by molar-refractivity contribution is -0.123. The Morgan fingerprint density at radius 1 is 1.07 bits per heavy atom. The first-order valence-corrected chi connectivity index (χ1v) is 10.6. The molecule has 0 aliphatic carbocycles. The van der Waals surface area contributed by atoms with E-state index in [1.54, 1.807) is 6.08 Å². The Labute approximate surface area is 180 Å². The van der Waals surface area contributed by atoms with Crippen molar-refractivity contribution in [3.63, 3.8) is 0 Å². The van der Waals surface area contributed by atoms with Gasteiger partial charge in [0.25, 0.3) is 5.91 Å². The molecular formula is C23H22N2O2S2. The van der Waals surface area contributed by atoms with Crippen LogP contribution in [0.1, 0.15) is 17.5 Å². The Morgan fingerprint density at radius 3 is 2.48 bits per heavy atom. The largest absolute Gasteiger partial charge is 0.356 e. The third-order valence-corrected chi connectivity index (χ3v) is 5.75. The normalized spacial score (nSPS) is 15.4. The molecule has 6 heteroatoms. The average Bonchev–Trinajstić information content (AvgIpc) is 3.01. The summed E-state index contributed by atoms with van der Waals surface area (Å²) in [4.78, 5) is 26.7. The molecule has 29 heavy (non-hydrogen) atoms. The number of hydrogen-bond donors (Lipinski definition) is 1. The van der Waals surface area contributed by atoms with Crippen LogP contribution in [0.2, 0.25) is 0 Å². The van der Waals surface area contributed by atoms with E-state index in [0.717, 1.165) is 12.0 Å². The van der Waals surface area contributed by atoms with Crippen LogP contribution in [0.5, 0.6) is 0 Å². The van der Waals surface area contributed by atoms with E-state index in [1.165, 1.54) is 22.2 Å². The van der Waals surface area contributed by atoms with Crippen LogP contribution >= 0.6 is 24.0 Å². The molecule has 0 unspecified atom stereocenters. The predicted octanol–water partition coefficient (Wildman–Crippen LogP) is 4.19. The fraction of sp³-hybridized carbons (Fsp3) is 0.174. The van der Waals surface area contributed by atoms with E-state index >= 15 is 0 Å². The number of nitrogens with one attached hydrogen (secondary N) is 1. The molecule has 0 aromatic heterocycles. The van der Waals surface area contributed by atoms with E-state index in [-0.39, 0.29) is 18.2 Å². The number of carbonyl (C=O) groups is 2. The fourth-order valence-electron chi connectivity index (χ4n) is 2.81. The highest BCUT2D eigenvalue weighted by Crippen LogP contribution is 2.31. The molecule has 0 bridgehead atoms. The molecule has 4 nitrogen and oxygen atoms in total. The first kappa shape index (κ1) is 21.0. The molecule has 148 valence electrons. The number of thioether (sulfide) groups is 1. The number of rotatable bonds is 8. The maximum absolute atomic E-state index is 12.6. The molecule has 1 aliphatic rings. The van der Waals surface area contributed by atoms with Gasteiger partial charge in [-0.1, -0.05) is 96.8 Å². The van der Waals surface area contributed by atoms with Crippen molar-refractivity contribution in [3.8, 4) is 0 Å². The van der Waals surface area contributed by atoms with Gasteiger partial charge < -0.3 is 5.32 Å². The number of allylic oxidation sites excluding steroid dienone is 2. The number of thiocarbonyl (C=S) groups is 1. The van der Waals surface area contributed by atoms with Crippen molar-refractivity contribution in [2.75, 3.05) is 13.1 Å². The number of carbonyl (C=O) groups excluding carboxylic acids is 2. The van der Waals surface area contributed by atoms with Gasteiger partial charge in [0, 0.05) is 19.5 Å². The molecule has 2 aromatic carbocycles. The number of hydrogen-bond acceptors (Lipinski definition) is 4. The maximum atomic E-state index is 12.6. The van der Waals surface area contributed by atoms with Gasteiger partial charge in [-0.15, -0.1) is 0 Å². The van der Waals surface area contributed by atoms with Crippen LogP contribution in [0.3, 0.4) is 0 Å². The van der Waals surface area contributed by atoms with Crippen LogP contribution in [-0.2, 0) is 16.0 Å². The highest BCUT2D eigenvalue weighted by atomic mass is 32.2. The summed E-state index contributed by atoms with van der Waals surface area (Å²) in [5.41, 5.74) is 2.24. The SMILES string of the molecule is O=C(CCN1C(=O)/C(=C/C=C/c2ccccc2)SC1=S)NCCc1ccccc1. The summed E-state index contributed by atoms with van der Waals surface area (Å²) in [6.07, 6.45) is 6.56. The summed E-state index contributed by atoms with van der Waals surface area (Å²) in [6.45, 7) is 0.868. The minimum absolute atomic E-state index is 0.0806. The van der Waals surface area contributed by atoms with Gasteiger partial charge in [-0.2, -0.15) is 0 Å². The van der Waals surface area contributed by atoms with E-state index in [4.69, 9.17) is 12.2 Å². The van der Waals surface area contributed by atoms with Gasteiger partial charge in [-0.3, -0.25) is 14.5 Å². The Morgan fingerprint density at radius 2 is 1.76 bits per heavy atom. The Bertz CT molecular complexity index is 924. The smallest absolute Gasteiger partial charge is 0.266 e. The highest BCUT2D eigenvalue weighted by Gasteiger charge is 2.31. The Kier molecular flexibility index (Phi) is 7.78. The molecule has 2 aromatic rings. The molecule has 1 heterocycles. The van der Waals surface area contributed by atoms with Crippen LogP contribution in [-0.4, -0.2) is 34.1 Å². The second kappa shape index (κ2) is 10.7. The molecule has 1 N–H and O–H groups in total. The summed E-state index contributed by atoms with van der Waals surface area (Å²) >= 11 is 6.58. The van der Waals surface area contributed by atoms with E-state index in [2.05, 4.69) is 5.32 Å². The first-order chi connectivity index (χ1) is 14.1. The van der Waals surface area contributed by atoms with Gasteiger partial charge in [-0.05, 0) is 23.6 Å². The van der Waals surface area contributed by atoms with Gasteiger partial charge in [0.05, 0.1) is 4.91 Å².